The van der Waals surface area contributed by atoms with Gasteiger partial charge in [-0.2, -0.15) is 58.7 Å². The molecule has 4 N–H and O–H groups in total. The number of aryl methyl sites for hydroxylation is 1. The predicted octanol–water partition coefficient (Wildman–Crippen LogP) is 3.28. The van der Waals surface area contributed by atoms with Crippen LogP contribution in [0.4, 0.5) is 5.69 Å². The molecule has 23 heteroatoms. The third kappa shape index (κ3) is 21.8. The standard InChI is InChI=1S/C32H41N7O10S.2C9H7N2.Ir/c1-22-10-13-33-24(19-22)25-20-23(11-14-34-25)37-28(41)6-4-7-29(42)38-26(21-50(46,47)48)32(45)36-12-3-2-5-27(40)35-15-17-49-18-16-39-30(43)8-9-31(39)44;2*1-2-5-9(6-3-1)11-8-4-7-10-11;/h8-11,13-14,19-20,26H,2-7,12,15-18,21H2,1H3,(H,35,40)(H,36,45)(H,38,42)(H,34,37,41)(H,46,47,48);2*1-5,7-8H;/q;2*-1;/p-1. The second-order valence-electron chi connectivity index (χ2n) is 15.7. The molecule has 73 heavy (non-hydrogen) atoms. The van der Waals surface area contributed by atoms with Gasteiger partial charge in [0.2, 0.25) is 23.6 Å². The van der Waals surface area contributed by atoms with Crippen LogP contribution >= 0.6 is 0 Å². The Labute approximate surface area is 436 Å². The molecule has 6 aromatic rings. The van der Waals surface area contributed by atoms with Crippen LogP contribution in [0.25, 0.3) is 22.8 Å². The molecule has 0 aliphatic carbocycles. The van der Waals surface area contributed by atoms with E-state index in [0.29, 0.717) is 29.9 Å². The summed E-state index contributed by atoms with van der Waals surface area (Å²) in [6, 6.07) is 30.7. The molecule has 21 nitrogen and oxygen atoms in total. The van der Waals surface area contributed by atoms with Crippen molar-refractivity contribution < 1.29 is 66.6 Å². The second-order valence-corrected chi connectivity index (χ2v) is 17.1. The zero-order chi connectivity index (χ0) is 51.6. The first kappa shape index (κ1) is 58.0. The number of rotatable bonds is 23. The number of nitrogens with one attached hydrogen (secondary N) is 4. The van der Waals surface area contributed by atoms with Crippen LogP contribution in [0.15, 0.2) is 134 Å². The van der Waals surface area contributed by atoms with Crippen LogP contribution in [0.1, 0.15) is 44.1 Å². The van der Waals surface area contributed by atoms with Crippen molar-refractivity contribution in [1.29, 1.82) is 0 Å². The number of nitrogens with zero attached hydrogens (tertiary/aromatic N) is 7. The number of para-hydroxylation sites is 2. The average Bonchev–Trinajstić information content (AvgIpc) is 4.18. The normalized spacial score (nSPS) is 12.0. The number of unbranched alkanes of at least 4 members (excludes halogenated alkanes) is 1. The Hall–Kier alpha value is -7.56. The van der Waals surface area contributed by atoms with Gasteiger partial charge in [-0.15, -0.1) is 12.1 Å². The Bertz CT molecular complexity index is 2730. The van der Waals surface area contributed by atoms with Gasteiger partial charge >= 0.3 is 0 Å². The van der Waals surface area contributed by atoms with E-state index in [-0.39, 0.29) is 90.5 Å². The van der Waals surface area contributed by atoms with Gasteiger partial charge in [-0.3, -0.25) is 53.0 Å². The molecule has 0 saturated heterocycles. The topological polar surface area (TPSA) is 282 Å². The fraction of sp³-hybridized carbons (Fsp3) is 0.280. The van der Waals surface area contributed by atoms with Gasteiger partial charge in [0.25, 0.3) is 11.8 Å². The molecular formula is C50H54IrN11O10S-3. The monoisotopic (exact) mass is 1190 g/mol. The van der Waals surface area contributed by atoms with E-state index in [4.69, 9.17) is 4.74 Å². The predicted molar refractivity (Wildman–Crippen MR) is 263 cm³/mol. The summed E-state index contributed by atoms with van der Waals surface area (Å²) >= 11 is 0. The minimum absolute atomic E-state index is 0. The maximum atomic E-state index is 12.6. The molecule has 0 bridgehead atoms. The van der Waals surface area contributed by atoms with Crippen molar-refractivity contribution in [3.8, 4) is 22.8 Å². The number of hydrogen-bond acceptors (Lipinski definition) is 14. The maximum absolute atomic E-state index is 12.6. The minimum Gasteiger partial charge on any atom is -0.748 e. The van der Waals surface area contributed by atoms with Gasteiger partial charge in [0.1, 0.15) is 6.04 Å². The number of benzene rings is 2. The molecule has 1 aliphatic heterocycles. The van der Waals surface area contributed by atoms with Crippen molar-refractivity contribution in [2.75, 3.05) is 43.9 Å². The molecule has 6 amide bonds. The number of hydrogen-bond donors (Lipinski definition) is 4. The van der Waals surface area contributed by atoms with Crippen LogP contribution in [0.2, 0.25) is 0 Å². The summed E-state index contributed by atoms with van der Waals surface area (Å²) in [5.74, 6) is -4.19. The van der Waals surface area contributed by atoms with Crippen LogP contribution in [-0.2, 0) is 63.7 Å². The van der Waals surface area contributed by atoms with Crippen LogP contribution < -0.4 is 21.3 Å². The molecule has 1 aliphatic rings. The number of amides is 6. The number of ether oxygens (including phenoxy) is 1. The zero-order valence-corrected chi connectivity index (χ0v) is 42.9. The summed E-state index contributed by atoms with van der Waals surface area (Å²) in [4.78, 5) is 82.1. The van der Waals surface area contributed by atoms with Gasteiger partial charge in [-0.25, -0.2) is 8.42 Å². The number of pyridine rings is 2. The SMILES string of the molecule is Cc1ccnc(-c2cc(NC(=O)CCCC(=O)NC(CS(=O)(=O)[O-])C(=O)NCCCCC(=O)NCCOCCN3C(=O)C=CC3=O)ccn2)c1.[Ir].[c-]1ccccc1-n1cccn1.[c-]1ccccc1-n1cccn1. The average molecular weight is 1190 g/mol. The third-order valence-corrected chi connectivity index (χ3v) is 10.7. The Morgan fingerprint density at radius 1 is 0.699 bits per heavy atom. The van der Waals surface area contributed by atoms with Gasteiger partial charge in [0, 0.05) is 107 Å². The van der Waals surface area contributed by atoms with E-state index in [1.54, 1.807) is 40.1 Å². The summed E-state index contributed by atoms with van der Waals surface area (Å²) in [6.45, 7) is 2.60. The van der Waals surface area contributed by atoms with E-state index in [0.717, 1.165) is 21.8 Å². The summed E-state index contributed by atoms with van der Waals surface area (Å²) < 4.78 is 43.0. The van der Waals surface area contributed by atoms with Crippen LogP contribution in [0.3, 0.4) is 0 Å². The van der Waals surface area contributed by atoms with Gasteiger partial charge in [-0.05, 0) is 79.5 Å². The molecule has 387 valence electrons. The molecular weight excluding hydrogens is 1140 g/mol. The first-order valence-corrected chi connectivity index (χ1v) is 24.3. The van der Waals surface area contributed by atoms with E-state index < -0.39 is 45.5 Å². The molecule has 0 spiro atoms. The van der Waals surface area contributed by atoms with Gasteiger partial charge < -0.3 is 30.6 Å². The van der Waals surface area contributed by atoms with Crippen molar-refractivity contribution >= 4 is 51.2 Å². The fourth-order valence-electron chi connectivity index (χ4n) is 6.49. The molecule has 2 aromatic carbocycles. The summed E-state index contributed by atoms with van der Waals surface area (Å²) in [5, 5.41) is 18.2. The zero-order valence-electron chi connectivity index (χ0n) is 39.7. The molecule has 1 atom stereocenters. The second kappa shape index (κ2) is 31.0. The number of imide groups is 1. The summed E-state index contributed by atoms with van der Waals surface area (Å²) in [7, 11) is -4.88. The number of carbonyl (C=O) groups is 6. The molecule has 0 saturated carbocycles. The number of aromatic nitrogens is 6. The van der Waals surface area contributed by atoms with Gasteiger partial charge in [-0.1, -0.05) is 0 Å². The van der Waals surface area contributed by atoms with Gasteiger partial charge in [0.05, 0.1) is 47.0 Å². The Balaban J connectivity index is 0.000000402. The molecule has 1 radical (unpaired) electrons. The quantitative estimate of drug-likeness (QED) is 0.0310. The first-order valence-electron chi connectivity index (χ1n) is 22.7. The third-order valence-electron chi connectivity index (χ3n) is 10.00. The Morgan fingerprint density at radius 3 is 1.88 bits per heavy atom. The smallest absolute Gasteiger partial charge is 0.253 e. The fourth-order valence-corrected chi connectivity index (χ4v) is 7.14. The van der Waals surface area contributed by atoms with Crippen molar-refractivity contribution in [1.82, 2.24) is 50.4 Å². The van der Waals surface area contributed by atoms with Crippen LogP contribution in [0.5, 0.6) is 0 Å². The van der Waals surface area contributed by atoms with Crippen molar-refractivity contribution in [3.63, 3.8) is 0 Å². The van der Waals surface area contributed by atoms with Gasteiger partial charge in [0.15, 0.2) is 0 Å². The Kier molecular flexibility index (Phi) is 24.6. The molecule has 1 unspecified atom stereocenters. The van der Waals surface area contributed by atoms with E-state index in [9.17, 15) is 41.7 Å². The largest absolute Gasteiger partial charge is 0.748 e. The minimum atomic E-state index is -4.88. The first-order chi connectivity index (χ1) is 34.7. The van der Waals surface area contributed by atoms with Crippen LogP contribution in [-0.4, -0.2) is 127 Å². The number of anilines is 1. The summed E-state index contributed by atoms with van der Waals surface area (Å²) in [6.07, 6.45) is 13.5. The molecule has 5 heterocycles. The van der Waals surface area contributed by atoms with E-state index >= 15 is 0 Å². The van der Waals surface area contributed by atoms with Crippen molar-refractivity contribution in [3.05, 3.63) is 152 Å². The Morgan fingerprint density at radius 2 is 1.30 bits per heavy atom. The number of carbonyl (C=O) groups excluding carboxylic acids is 6. The maximum Gasteiger partial charge on any atom is 0.253 e. The summed E-state index contributed by atoms with van der Waals surface area (Å²) in [5.41, 5.74) is 4.63. The van der Waals surface area contributed by atoms with E-state index in [1.165, 1.54) is 18.3 Å². The molecule has 4 aromatic heterocycles. The van der Waals surface area contributed by atoms with Crippen molar-refractivity contribution in [2.45, 2.75) is 51.5 Å². The van der Waals surface area contributed by atoms with E-state index in [2.05, 4.69) is 53.6 Å². The molecule has 0 fully saturated rings. The van der Waals surface area contributed by atoms with E-state index in [1.807, 2.05) is 92.1 Å². The van der Waals surface area contributed by atoms with Crippen molar-refractivity contribution in [2.24, 2.45) is 0 Å². The van der Waals surface area contributed by atoms with Crippen LogP contribution in [0, 0.1) is 19.1 Å². The molecule has 7 rings (SSSR count).